The van der Waals surface area contributed by atoms with Crippen LogP contribution in [0.15, 0.2) is 53.0 Å². The molecule has 5 nitrogen and oxygen atoms in total. The highest BCUT2D eigenvalue weighted by Gasteiger charge is 2.15. The minimum absolute atomic E-state index is 0.110. The number of carboxylic acid groups (broad SMARTS) is 1. The van der Waals surface area contributed by atoms with Crippen molar-refractivity contribution in [3.05, 3.63) is 58.6 Å². The number of benzene rings is 2. The highest BCUT2D eigenvalue weighted by molar-refractivity contribution is 9.10. The zero-order valence-corrected chi connectivity index (χ0v) is 13.3. The van der Waals surface area contributed by atoms with Crippen LogP contribution in [0.4, 0.5) is 5.69 Å². The molecule has 0 aliphatic heterocycles. The van der Waals surface area contributed by atoms with E-state index < -0.39 is 12.1 Å². The van der Waals surface area contributed by atoms with Crippen LogP contribution in [0, 0.1) is 0 Å². The van der Waals surface area contributed by atoms with E-state index in [0.717, 1.165) is 4.47 Å². The number of amides is 1. The SMILES string of the molecule is CC(Oc1ccc(Br)cc1)C(=O)Nc1cccc(C(=O)O)c1. The van der Waals surface area contributed by atoms with Crippen LogP contribution in [0.25, 0.3) is 0 Å². The van der Waals surface area contributed by atoms with Crippen LogP contribution in [-0.2, 0) is 4.79 Å². The van der Waals surface area contributed by atoms with Gasteiger partial charge in [-0.1, -0.05) is 22.0 Å². The van der Waals surface area contributed by atoms with Crippen LogP contribution in [0.3, 0.4) is 0 Å². The molecule has 0 saturated carbocycles. The van der Waals surface area contributed by atoms with Crippen LogP contribution in [0.2, 0.25) is 0 Å². The molecule has 2 aromatic rings. The highest BCUT2D eigenvalue weighted by Crippen LogP contribution is 2.18. The number of halogens is 1. The van der Waals surface area contributed by atoms with Crippen molar-refractivity contribution < 1.29 is 19.4 Å². The first-order valence-electron chi connectivity index (χ1n) is 6.52. The largest absolute Gasteiger partial charge is 0.481 e. The molecule has 1 atom stereocenters. The Morgan fingerprint density at radius 3 is 2.50 bits per heavy atom. The maximum atomic E-state index is 12.1. The topological polar surface area (TPSA) is 75.6 Å². The van der Waals surface area contributed by atoms with Crippen LogP contribution < -0.4 is 10.1 Å². The van der Waals surface area contributed by atoms with Crippen molar-refractivity contribution in [2.24, 2.45) is 0 Å². The molecular weight excluding hydrogens is 350 g/mol. The van der Waals surface area contributed by atoms with E-state index in [9.17, 15) is 9.59 Å². The Balaban J connectivity index is 2.00. The number of ether oxygens (including phenoxy) is 1. The van der Waals surface area contributed by atoms with Gasteiger partial charge in [0.05, 0.1) is 5.56 Å². The molecule has 0 saturated heterocycles. The summed E-state index contributed by atoms with van der Waals surface area (Å²) in [5, 5.41) is 11.6. The molecule has 0 bridgehead atoms. The van der Waals surface area contributed by atoms with Gasteiger partial charge in [0.15, 0.2) is 6.10 Å². The second-order valence-corrected chi connectivity index (χ2v) is 5.50. The number of aromatic carboxylic acids is 1. The van der Waals surface area contributed by atoms with E-state index in [-0.39, 0.29) is 11.5 Å². The number of hydrogen-bond acceptors (Lipinski definition) is 3. The summed E-state index contributed by atoms with van der Waals surface area (Å²) in [4.78, 5) is 23.0. The van der Waals surface area contributed by atoms with Crippen molar-refractivity contribution in [1.82, 2.24) is 0 Å². The lowest BCUT2D eigenvalue weighted by Crippen LogP contribution is -2.30. The van der Waals surface area contributed by atoms with E-state index >= 15 is 0 Å². The molecule has 1 unspecified atom stereocenters. The Hall–Kier alpha value is -2.34. The van der Waals surface area contributed by atoms with Gasteiger partial charge >= 0.3 is 5.97 Å². The zero-order chi connectivity index (χ0) is 16.1. The monoisotopic (exact) mass is 363 g/mol. The van der Waals surface area contributed by atoms with E-state index in [2.05, 4.69) is 21.2 Å². The van der Waals surface area contributed by atoms with E-state index in [0.29, 0.717) is 11.4 Å². The fourth-order valence-electron chi connectivity index (χ4n) is 1.74. The van der Waals surface area contributed by atoms with Crippen molar-refractivity contribution in [2.75, 3.05) is 5.32 Å². The number of anilines is 1. The van der Waals surface area contributed by atoms with E-state index in [1.54, 1.807) is 31.2 Å². The van der Waals surface area contributed by atoms with E-state index in [1.165, 1.54) is 12.1 Å². The summed E-state index contributed by atoms with van der Waals surface area (Å²) in [6.07, 6.45) is -0.713. The van der Waals surface area contributed by atoms with E-state index in [1.807, 2.05) is 12.1 Å². The summed E-state index contributed by atoms with van der Waals surface area (Å²) in [5.41, 5.74) is 0.524. The first-order chi connectivity index (χ1) is 10.5. The molecule has 2 N–H and O–H groups in total. The third kappa shape index (κ3) is 4.33. The predicted molar refractivity (Wildman–Crippen MR) is 86.3 cm³/mol. The molecule has 0 spiro atoms. The summed E-state index contributed by atoms with van der Waals surface area (Å²) in [7, 11) is 0. The van der Waals surface area contributed by atoms with Gasteiger partial charge in [-0.2, -0.15) is 0 Å². The van der Waals surface area contributed by atoms with Crippen molar-refractivity contribution >= 4 is 33.5 Å². The normalized spacial score (nSPS) is 11.5. The molecule has 2 aromatic carbocycles. The summed E-state index contributed by atoms with van der Waals surface area (Å²) >= 11 is 3.32. The Kier molecular flexibility index (Phi) is 5.16. The summed E-state index contributed by atoms with van der Waals surface area (Å²) in [6.45, 7) is 1.62. The van der Waals surface area contributed by atoms with Crippen LogP contribution in [0.5, 0.6) is 5.75 Å². The third-order valence-corrected chi connectivity index (χ3v) is 3.40. The van der Waals surface area contributed by atoms with Gasteiger partial charge in [-0.15, -0.1) is 0 Å². The summed E-state index contributed by atoms with van der Waals surface area (Å²) in [5.74, 6) is -0.828. The Morgan fingerprint density at radius 1 is 1.18 bits per heavy atom. The second kappa shape index (κ2) is 7.09. The van der Waals surface area contributed by atoms with Crippen LogP contribution in [-0.4, -0.2) is 23.1 Å². The number of nitrogens with one attached hydrogen (secondary N) is 1. The molecule has 1 amide bonds. The minimum atomic E-state index is -1.05. The lowest BCUT2D eigenvalue weighted by atomic mass is 10.2. The quantitative estimate of drug-likeness (QED) is 0.851. The smallest absolute Gasteiger partial charge is 0.335 e. The number of hydrogen-bond donors (Lipinski definition) is 2. The van der Waals surface area contributed by atoms with E-state index in [4.69, 9.17) is 9.84 Å². The maximum Gasteiger partial charge on any atom is 0.335 e. The molecule has 0 fully saturated rings. The number of carboxylic acids is 1. The fraction of sp³-hybridized carbons (Fsp3) is 0.125. The van der Waals surface area contributed by atoms with Gasteiger partial charge in [0.1, 0.15) is 5.75 Å². The molecule has 0 aliphatic rings. The summed E-state index contributed by atoms with van der Waals surface area (Å²) < 4.78 is 6.45. The Labute approximate surface area is 136 Å². The first kappa shape index (κ1) is 16.0. The molecule has 114 valence electrons. The Morgan fingerprint density at radius 2 is 1.86 bits per heavy atom. The fourth-order valence-corrected chi connectivity index (χ4v) is 2.01. The average molecular weight is 364 g/mol. The maximum absolute atomic E-state index is 12.1. The second-order valence-electron chi connectivity index (χ2n) is 4.59. The van der Waals surface area contributed by atoms with Crippen LogP contribution in [0.1, 0.15) is 17.3 Å². The molecule has 0 aromatic heterocycles. The molecule has 22 heavy (non-hydrogen) atoms. The van der Waals surface area contributed by atoms with Crippen molar-refractivity contribution in [3.63, 3.8) is 0 Å². The molecular formula is C16H14BrNO4. The summed E-state index contributed by atoms with van der Waals surface area (Å²) in [6, 6.07) is 13.2. The Bertz CT molecular complexity index is 685. The number of carbonyl (C=O) groups excluding carboxylic acids is 1. The average Bonchev–Trinajstić information content (AvgIpc) is 2.49. The van der Waals surface area contributed by atoms with Gasteiger partial charge in [0.2, 0.25) is 0 Å². The van der Waals surface area contributed by atoms with Gasteiger partial charge in [-0.05, 0) is 49.4 Å². The highest BCUT2D eigenvalue weighted by atomic mass is 79.9. The molecule has 6 heteroatoms. The predicted octanol–water partition coefficient (Wildman–Crippen LogP) is 3.55. The third-order valence-electron chi connectivity index (χ3n) is 2.87. The van der Waals surface area contributed by atoms with Crippen LogP contribution >= 0.6 is 15.9 Å². The standard InChI is InChI=1S/C16H14BrNO4/c1-10(22-14-7-5-12(17)6-8-14)15(19)18-13-4-2-3-11(9-13)16(20)21/h2-10H,1H3,(H,18,19)(H,20,21). The molecule has 2 rings (SSSR count). The molecule has 0 aliphatic carbocycles. The first-order valence-corrected chi connectivity index (χ1v) is 7.31. The van der Waals surface area contributed by atoms with Crippen molar-refractivity contribution in [2.45, 2.75) is 13.0 Å². The van der Waals surface area contributed by atoms with Gasteiger partial charge in [0, 0.05) is 10.2 Å². The van der Waals surface area contributed by atoms with Crippen molar-refractivity contribution in [1.29, 1.82) is 0 Å². The minimum Gasteiger partial charge on any atom is -0.481 e. The molecule has 0 heterocycles. The molecule has 0 radical (unpaired) electrons. The van der Waals surface area contributed by atoms with Crippen molar-refractivity contribution in [3.8, 4) is 5.75 Å². The van der Waals surface area contributed by atoms with Gasteiger partial charge in [0.25, 0.3) is 5.91 Å². The number of carbonyl (C=O) groups is 2. The lowest BCUT2D eigenvalue weighted by molar-refractivity contribution is -0.122. The van der Waals surface area contributed by atoms with Gasteiger partial charge in [-0.3, -0.25) is 4.79 Å². The van der Waals surface area contributed by atoms with Gasteiger partial charge in [-0.25, -0.2) is 4.79 Å². The number of rotatable bonds is 5. The lowest BCUT2D eigenvalue weighted by Gasteiger charge is -2.15. The van der Waals surface area contributed by atoms with Gasteiger partial charge < -0.3 is 15.2 Å². The zero-order valence-electron chi connectivity index (χ0n) is 11.7.